The Kier molecular flexibility index (Phi) is 8.44. The lowest BCUT2D eigenvalue weighted by atomic mass is 9.99. The number of aliphatic hydroxyl groups is 3. The third-order valence-corrected chi connectivity index (χ3v) is 5.83. The van der Waals surface area contributed by atoms with Crippen LogP contribution < -0.4 is 4.74 Å². The van der Waals surface area contributed by atoms with Crippen molar-refractivity contribution >= 4 is 11.9 Å². The lowest BCUT2D eigenvalue weighted by Crippen LogP contribution is -2.60. The minimum Gasteiger partial charge on any atom is -0.508 e. The number of para-hydroxylation sites is 1. The first-order valence-corrected chi connectivity index (χ1v) is 11.6. The van der Waals surface area contributed by atoms with E-state index in [0.717, 1.165) is 0 Å². The minimum atomic E-state index is -1.70. The third kappa shape index (κ3) is 6.21. The van der Waals surface area contributed by atoms with Crippen LogP contribution in [-0.4, -0.2) is 74.8 Å². The van der Waals surface area contributed by atoms with Crippen LogP contribution in [0.15, 0.2) is 72.8 Å². The number of carbonyl (C=O) groups is 2. The molecule has 11 nitrogen and oxygen atoms in total. The van der Waals surface area contributed by atoms with Crippen molar-refractivity contribution in [3.05, 3.63) is 89.5 Å². The molecule has 5 atom stereocenters. The van der Waals surface area contributed by atoms with Gasteiger partial charge in [0.05, 0.1) is 5.56 Å². The molecule has 1 aliphatic heterocycles. The zero-order valence-corrected chi connectivity index (χ0v) is 19.9. The maximum atomic E-state index is 12.4. The van der Waals surface area contributed by atoms with Gasteiger partial charge in [-0.1, -0.05) is 30.3 Å². The van der Waals surface area contributed by atoms with Crippen molar-refractivity contribution in [3.63, 3.8) is 0 Å². The van der Waals surface area contributed by atoms with Crippen molar-refractivity contribution in [2.24, 2.45) is 0 Å². The van der Waals surface area contributed by atoms with E-state index in [2.05, 4.69) is 0 Å². The Morgan fingerprint density at radius 1 is 0.789 bits per heavy atom. The van der Waals surface area contributed by atoms with Crippen LogP contribution in [0.4, 0.5) is 0 Å². The molecule has 0 aromatic heterocycles. The fourth-order valence-corrected chi connectivity index (χ4v) is 3.75. The smallest absolute Gasteiger partial charge is 0.342 e. The predicted molar refractivity (Wildman–Crippen MR) is 129 cm³/mol. The number of carbonyl (C=O) groups excluding carboxylic acids is 2. The number of benzene rings is 3. The normalized spacial score (nSPS) is 22.9. The van der Waals surface area contributed by atoms with Gasteiger partial charge < -0.3 is 44.5 Å². The molecule has 0 unspecified atom stereocenters. The summed E-state index contributed by atoms with van der Waals surface area (Å²) in [6.45, 7) is -0.831. The van der Waals surface area contributed by atoms with Gasteiger partial charge >= 0.3 is 11.9 Å². The minimum absolute atomic E-state index is 0.0283. The molecule has 4 rings (SSSR count). The molecule has 5 N–H and O–H groups in total. The van der Waals surface area contributed by atoms with E-state index in [0.29, 0.717) is 0 Å². The summed E-state index contributed by atoms with van der Waals surface area (Å²) >= 11 is 0. The van der Waals surface area contributed by atoms with Gasteiger partial charge in [0.15, 0.2) is 0 Å². The van der Waals surface area contributed by atoms with Gasteiger partial charge in [-0.3, -0.25) is 0 Å². The monoisotopic (exact) mass is 526 g/mol. The highest BCUT2D eigenvalue weighted by Gasteiger charge is 2.45. The van der Waals surface area contributed by atoms with Gasteiger partial charge in [-0.15, -0.1) is 0 Å². The number of hydrogen-bond acceptors (Lipinski definition) is 11. The molecule has 3 aromatic carbocycles. The summed E-state index contributed by atoms with van der Waals surface area (Å²) in [5.74, 6) is -1.91. The van der Waals surface area contributed by atoms with E-state index in [4.69, 9.17) is 18.9 Å². The molecule has 11 heteroatoms. The Morgan fingerprint density at radius 2 is 1.50 bits per heavy atom. The maximum absolute atomic E-state index is 12.4. The second-order valence-electron chi connectivity index (χ2n) is 8.48. The highest BCUT2D eigenvalue weighted by atomic mass is 16.7. The predicted octanol–water partition coefficient (Wildman–Crippen LogP) is 1.50. The van der Waals surface area contributed by atoms with E-state index >= 15 is 0 Å². The fraction of sp³-hybridized carbons (Fsp3) is 0.259. The molecule has 0 bridgehead atoms. The first kappa shape index (κ1) is 26.9. The highest BCUT2D eigenvalue weighted by molar-refractivity contribution is 5.92. The van der Waals surface area contributed by atoms with E-state index in [1.165, 1.54) is 30.3 Å². The summed E-state index contributed by atoms with van der Waals surface area (Å²) in [6.07, 6.45) is -7.76. The van der Waals surface area contributed by atoms with Gasteiger partial charge in [0, 0.05) is 5.56 Å². The van der Waals surface area contributed by atoms with Gasteiger partial charge in [0.1, 0.15) is 60.4 Å². The van der Waals surface area contributed by atoms with E-state index in [-0.39, 0.29) is 40.5 Å². The molecule has 1 heterocycles. The number of phenolic OH excluding ortho intramolecular Hbond substituents is 2. The Balaban J connectivity index is 1.44. The van der Waals surface area contributed by atoms with Gasteiger partial charge in [-0.05, 0) is 42.5 Å². The van der Waals surface area contributed by atoms with Crippen LogP contribution in [0, 0.1) is 0 Å². The summed E-state index contributed by atoms with van der Waals surface area (Å²) in [5.41, 5.74) is 0.390. The van der Waals surface area contributed by atoms with Gasteiger partial charge in [0.2, 0.25) is 6.29 Å². The van der Waals surface area contributed by atoms with Crippen LogP contribution in [0.1, 0.15) is 26.3 Å². The average molecular weight is 526 g/mol. The Hall–Kier alpha value is -4.16. The van der Waals surface area contributed by atoms with Crippen molar-refractivity contribution < 1.29 is 54.1 Å². The third-order valence-electron chi connectivity index (χ3n) is 5.83. The molecule has 0 amide bonds. The van der Waals surface area contributed by atoms with Gasteiger partial charge in [-0.25, -0.2) is 9.59 Å². The molecule has 0 spiro atoms. The second kappa shape index (κ2) is 11.9. The molecule has 200 valence electrons. The fourth-order valence-electron chi connectivity index (χ4n) is 3.75. The summed E-state index contributed by atoms with van der Waals surface area (Å²) in [4.78, 5) is 24.6. The number of rotatable bonds is 8. The SMILES string of the molecule is O=C(OC[C@H]1O[C@@H](Oc2ccc(O)cc2COC(=O)c2ccccc2O)[C@H](O)[C@@H](O)[C@@H]1O)c1ccccc1. The van der Waals surface area contributed by atoms with Crippen LogP contribution in [-0.2, 0) is 20.8 Å². The summed E-state index contributed by atoms with van der Waals surface area (Å²) in [7, 11) is 0. The zero-order valence-electron chi connectivity index (χ0n) is 19.9. The van der Waals surface area contributed by atoms with E-state index in [9.17, 15) is 35.1 Å². The summed E-state index contributed by atoms with van der Waals surface area (Å²) < 4.78 is 21.8. The first-order chi connectivity index (χ1) is 18.2. The molecule has 1 aliphatic rings. The Labute approximate surface area is 217 Å². The molecule has 0 radical (unpaired) electrons. The van der Waals surface area contributed by atoms with Crippen LogP contribution in [0.3, 0.4) is 0 Å². The van der Waals surface area contributed by atoms with Crippen LogP contribution in [0.25, 0.3) is 0 Å². The van der Waals surface area contributed by atoms with Crippen LogP contribution in [0.2, 0.25) is 0 Å². The van der Waals surface area contributed by atoms with Crippen LogP contribution in [0.5, 0.6) is 17.2 Å². The number of ether oxygens (including phenoxy) is 4. The lowest BCUT2D eigenvalue weighted by molar-refractivity contribution is -0.277. The number of hydrogen-bond donors (Lipinski definition) is 5. The first-order valence-electron chi connectivity index (χ1n) is 11.6. The van der Waals surface area contributed by atoms with Crippen molar-refractivity contribution in [3.8, 4) is 17.2 Å². The second-order valence-corrected chi connectivity index (χ2v) is 8.48. The zero-order chi connectivity index (χ0) is 27.2. The summed E-state index contributed by atoms with van der Waals surface area (Å²) in [6, 6.07) is 17.8. The number of aliphatic hydroxyl groups excluding tert-OH is 3. The van der Waals surface area contributed by atoms with E-state index in [1.54, 1.807) is 42.5 Å². The summed E-state index contributed by atoms with van der Waals surface area (Å²) in [5, 5.41) is 50.9. The van der Waals surface area contributed by atoms with Gasteiger partial charge in [0.25, 0.3) is 0 Å². The number of aromatic hydroxyl groups is 2. The largest absolute Gasteiger partial charge is 0.508 e. The topological polar surface area (TPSA) is 172 Å². The molecule has 3 aromatic rings. The van der Waals surface area contributed by atoms with Crippen LogP contribution >= 0.6 is 0 Å². The van der Waals surface area contributed by atoms with Crippen molar-refractivity contribution in [2.75, 3.05) is 6.61 Å². The molecule has 0 saturated carbocycles. The number of esters is 2. The van der Waals surface area contributed by atoms with E-state index in [1.807, 2.05) is 0 Å². The van der Waals surface area contributed by atoms with Crippen molar-refractivity contribution in [1.82, 2.24) is 0 Å². The maximum Gasteiger partial charge on any atom is 0.342 e. The molecule has 1 saturated heterocycles. The quantitative estimate of drug-likeness (QED) is 0.269. The van der Waals surface area contributed by atoms with E-state index < -0.39 is 49.3 Å². The number of phenols is 2. The molecular weight excluding hydrogens is 500 g/mol. The molecule has 38 heavy (non-hydrogen) atoms. The Bertz CT molecular complexity index is 1260. The standard InChI is InChI=1S/C27H26O11/c28-17-10-11-20(16(12-17)13-35-26(34)18-8-4-5-9-19(18)29)37-27-24(32)23(31)22(30)21(38-27)14-36-25(33)15-6-2-1-3-7-15/h1-12,21-24,27-32H,13-14H2/t21-,22-,23+,24-,27-/m1/s1. The molecule has 1 fully saturated rings. The van der Waals surface area contributed by atoms with Crippen molar-refractivity contribution in [1.29, 1.82) is 0 Å². The highest BCUT2D eigenvalue weighted by Crippen LogP contribution is 2.30. The molecule has 0 aliphatic carbocycles. The Morgan fingerprint density at radius 3 is 2.24 bits per heavy atom. The lowest BCUT2D eigenvalue weighted by Gasteiger charge is -2.40. The average Bonchev–Trinajstić information content (AvgIpc) is 2.93. The van der Waals surface area contributed by atoms with Gasteiger partial charge in [-0.2, -0.15) is 0 Å². The van der Waals surface area contributed by atoms with Crippen molar-refractivity contribution in [2.45, 2.75) is 37.3 Å². The molecular formula is C27H26O11.